The molecule has 5 heteroatoms. The summed E-state index contributed by atoms with van der Waals surface area (Å²) in [4.78, 5) is 19.7. The van der Waals surface area contributed by atoms with E-state index >= 15 is 0 Å². The second-order valence-electron chi connectivity index (χ2n) is 5.14. The molecule has 1 fully saturated rings. The van der Waals surface area contributed by atoms with Gasteiger partial charge in [-0.1, -0.05) is 6.07 Å². The van der Waals surface area contributed by atoms with E-state index in [1.165, 1.54) is 0 Å². The Balaban J connectivity index is 1.73. The van der Waals surface area contributed by atoms with E-state index in [2.05, 4.69) is 10.3 Å². The average Bonchev–Trinajstić information content (AvgIpc) is 2.46. The topological polar surface area (TPSA) is 48.5 Å². The van der Waals surface area contributed by atoms with Crippen LogP contribution in [0.25, 0.3) is 0 Å². The lowest BCUT2D eigenvalue weighted by atomic mass is 10.1. The van der Waals surface area contributed by atoms with Gasteiger partial charge in [-0.2, -0.15) is 0 Å². The maximum absolute atomic E-state index is 11.8. The molecule has 1 aromatic heterocycles. The fourth-order valence-corrected chi connectivity index (χ4v) is 2.31. The monoisotopic (exact) mass is 262 g/mol. The number of hydrogen-bond acceptors (Lipinski definition) is 3. The lowest BCUT2D eigenvalue weighted by molar-refractivity contribution is 0.152. The van der Waals surface area contributed by atoms with Gasteiger partial charge in [0.15, 0.2) is 0 Å². The van der Waals surface area contributed by atoms with Crippen molar-refractivity contribution < 1.29 is 4.79 Å². The first kappa shape index (κ1) is 13.8. The van der Waals surface area contributed by atoms with Gasteiger partial charge < -0.3 is 15.1 Å². The number of likely N-dealkylation sites (tertiary alicyclic amines) is 1. The Morgan fingerprint density at radius 2 is 2.16 bits per heavy atom. The zero-order valence-corrected chi connectivity index (χ0v) is 11.7. The predicted molar refractivity (Wildman–Crippen MR) is 74.8 cm³/mol. The summed E-state index contributed by atoms with van der Waals surface area (Å²) in [5, 5.41) is 3.51. The third-order valence-electron chi connectivity index (χ3n) is 3.45. The number of piperidine rings is 1. The van der Waals surface area contributed by atoms with Crippen molar-refractivity contribution in [2.24, 2.45) is 0 Å². The molecule has 2 amide bonds. The summed E-state index contributed by atoms with van der Waals surface area (Å²) in [5.74, 6) is 0. The molecule has 0 unspecified atom stereocenters. The molecular weight excluding hydrogens is 240 g/mol. The standard InChI is InChI=1S/C14H22N4O/c1-17(2)14(19)18-9-6-12(7-10-18)16-11-13-5-3-4-8-15-13/h3-5,8,12,16H,6-7,9-11H2,1-2H3. The van der Waals surface area contributed by atoms with Crippen LogP contribution in [0.5, 0.6) is 0 Å². The van der Waals surface area contributed by atoms with Crippen LogP contribution in [0.4, 0.5) is 4.79 Å². The van der Waals surface area contributed by atoms with Gasteiger partial charge in [-0.25, -0.2) is 4.79 Å². The lowest BCUT2D eigenvalue weighted by Crippen LogP contribution is -2.47. The van der Waals surface area contributed by atoms with Gasteiger partial charge in [0.05, 0.1) is 5.69 Å². The minimum absolute atomic E-state index is 0.114. The minimum atomic E-state index is 0.114. The summed E-state index contributed by atoms with van der Waals surface area (Å²) in [6, 6.07) is 6.55. The number of rotatable bonds is 3. The van der Waals surface area contributed by atoms with Crippen LogP contribution < -0.4 is 5.32 Å². The fourth-order valence-electron chi connectivity index (χ4n) is 2.31. The summed E-state index contributed by atoms with van der Waals surface area (Å²) in [7, 11) is 3.60. The highest BCUT2D eigenvalue weighted by molar-refractivity contribution is 5.73. The van der Waals surface area contributed by atoms with E-state index in [4.69, 9.17) is 0 Å². The summed E-state index contributed by atoms with van der Waals surface area (Å²) < 4.78 is 0. The second-order valence-corrected chi connectivity index (χ2v) is 5.14. The number of amides is 2. The van der Waals surface area contributed by atoms with E-state index in [-0.39, 0.29) is 6.03 Å². The molecular formula is C14H22N4O. The van der Waals surface area contributed by atoms with Gasteiger partial charge in [0, 0.05) is 46.0 Å². The molecule has 0 spiro atoms. The molecule has 1 N–H and O–H groups in total. The first-order valence-corrected chi connectivity index (χ1v) is 6.76. The molecule has 2 heterocycles. The number of nitrogens with one attached hydrogen (secondary N) is 1. The quantitative estimate of drug-likeness (QED) is 0.893. The molecule has 1 aliphatic rings. The highest BCUT2D eigenvalue weighted by Gasteiger charge is 2.23. The lowest BCUT2D eigenvalue weighted by Gasteiger charge is -2.34. The Morgan fingerprint density at radius 1 is 1.42 bits per heavy atom. The molecule has 1 saturated heterocycles. The van der Waals surface area contributed by atoms with Crippen molar-refractivity contribution in [1.29, 1.82) is 0 Å². The molecule has 0 radical (unpaired) electrons. The van der Waals surface area contributed by atoms with Crippen LogP contribution in [-0.2, 0) is 6.54 Å². The minimum Gasteiger partial charge on any atom is -0.331 e. The van der Waals surface area contributed by atoms with E-state index < -0.39 is 0 Å². The van der Waals surface area contributed by atoms with E-state index in [1.807, 2.05) is 29.3 Å². The van der Waals surface area contributed by atoms with Crippen molar-refractivity contribution in [3.8, 4) is 0 Å². The van der Waals surface area contributed by atoms with Crippen molar-refractivity contribution >= 4 is 6.03 Å². The number of carbonyl (C=O) groups is 1. The van der Waals surface area contributed by atoms with Crippen molar-refractivity contribution in [2.75, 3.05) is 27.2 Å². The third-order valence-corrected chi connectivity index (χ3v) is 3.45. The van der Waals surface area contributed by atoms with E-state index in [9.17, 15) is 4.79 Å². The Bertz CT molecular complexity index is 399. The first-order chi connectivity index (χ1) is 9.16. The van der Waals surface area contributed by atoms with E-state index in [1.54, 1.807) is 19.0 Å². The largest absolute Gasteiger partial charge is 0.331 e. The van der Waals surface area contributed by atoms with Gasteiger partial charge in [-0.15, -0.1) is 0 Å². The maximum atomic E-state index is 11.8. The van der Waals surface area contributed by atoms with Gasteiger partial charge in [-0.3, -0.25) is 4.98 Å². The first-order valence-electron chi connectivity index (χ1n) is 6.76. The van der Waals surface area contributed by atoms with Gasteiger partial charge >= 0.3 is 6.03 Å². The smallest absolute Gasteiger partial charge is 0.319 e. The normalized spacial score (nSPS) is 16.4. The van der Waals surface area contributed by atoms with Crippen molar-refractivity contribution in [1.82, 2.24) is 20.1 Å². The Labute approximate surface area is 114 Å². The zero-order chi connectivity index (χ0) is 13.7. The third kappa shape index (κ3) is 3.92. The average molecular weight is 262 g/mol. The van der Waals surface area contributed by atoms with Gasteiger partial charge in [0.25, 0.3) is 0 Å². The number of aromatic nitrogens is 1. The zero-order valence-electron chi connectivity index (χ0n) is 11.7. The molecule has 0 aliphatic carbocycles. The number of urea groups is 1. The number of carbonyl (C=O) groups excluding carboxylic acids is 1. The number of pyridine rings is 1. The molecule has 2 rings (SSSR count). The van der Waals surface area contributed by atoms with Crippen LogP contribution in [0.2, 0.25) is 0 Å². The number of nitrogens with zero attached hydrogens (tertiary/aromatic N) is 3. The molecule has 19 heavy (non-hydrogen) atoms. The highest BCUT2D eigenvalue weighted by atomic mass is 16.2. The molecule has 5 nitrogen and oxygen atoms in total. The second kappa shape index (κ2) is 6.52. The summed E-state index contributed by atoms with van der Waals surface area (Å²) in [5.41, 5.74) is 1.06. The van der Waals surface area contributed by atoms with Crippen molar-refractivity contribution in [2.45, 2.75) is 25.4 Å². The van der Waals surface area contributed by atoms with E-state index in [0.717, 1.165) is 38.2 Å². The SMILES string of the molecule is CN(C)C(=O)N1CCC(NCc2ccccn2)CC1. The van der Waals surface area contributed by atoms with Crippen LogP contribution in [0.15, 0.2) is 24.4 Å². The molecule has 0 aromatic carbocycles. The molecule has 104 valence electrons. The predicted octanol–water partition coefficient (Wildman–Crippen LogP) is 1.32. The van der Waals surface area contributed by atoms with Crippen molar-refractivity contribution in [3.63, 3.8) is 0 Å². The van der Waals surface area contributed by atoms with Crippen LogP contribution in [0, 0.1) is 0 Å². The fraction of sp³-hybridized carbons (Fsp3) is 0.571. The van der Waals surface area contributed by atoms with Crippen LogP contribution in [0.1, 0.15) is 18.5 Å². The summed E-state index contributed by atoms with van der Waals surface area (Å²) >= 11 is 0. The van der Waals surface area contributed by atoms with Crippen LogP contribution in [0.3, 0.4) is 0 Å². The molecule has 0 saturated carbocycles. The van der Waals surface area contributed by atoms with Crippen LogP contribution in [-0.4, -0.2) is 54.0 Å². The van der Waals surface area contributed by atoms with E-state index in [0.29, 0.717) is 6.04 Å². The summed E-state index contributed by atoms with van der Waals surface area (Å²) in [6.45, 7) is 2.46. The molecule has 1 aromatic rings. The molecule has 1 aliphatic heterocycles. The molecule has 0 atom stereocenters. The highest BCUT2D eigenvalue weighted by Crippen LogP contribution is 2.12. The Kier molecular flexibility index (Phi) is 4.74. The maximum Gasteiger partial charge on any atom is 0.319 e. The molecule has 0 bridgehead atoms. The van der Waals surface area contributed by atoms with Gasteiger partial charge in [0.2, 0.25) is 0 Å². The van der Waals surface area contributed by atoms with Gasteiger partial charge in [-0.05, 0) is 25.0 Å². The van der Waals surface area contributed by atoms with Crippen molar-refractivity contribution in [3.05, 3.63) is 30.1 Å². The Morgan fingerprint density at radius 3 is 2.74 bits per heavy atom. The Hall–Kier alpha value is -1.62. The van der Waals surface area contributed by atoms with Crippen LogP contribution >= 0.6 is 0 Å². The summed E-state index contributed by atoms with van der Waals surface area (Å²) in [6.07, 6.45) is 3.83. The number of hydrogen-bond donors (Lipinski definition) is 1. The van der Waals surface area contributed by atoms with Gasteiger partial charge in [0.1, 0.15) is 0 Å².